The summed E-state index contributed by atoms with van der Waals surface area (Å²) in [6.45, 7) is 6.53. The lowest BCUT2D eigenvalue weighted by molar-refractivity contribution is 0.229. The first-order valence-corrected chi connectivity index (χ1v) is 7.69. The molecule has 0 atom stereocenters. The van der Waals surface area contributed by atoms with Crippen molar-refractivity contribution >= 4 is 12.9 Å². The molecule has 0 aliphatic rings. The molecule has 0 radical (unpaired) electrons. The van der Waals surface area contributed by atoms with Crippen molar-refractivity contribution in [1.29, 1.82) is 0 Å². The first kappa shape index (κ1) is 14.4. The van der Waals surface area contributed by atoms with Crippen molar-refractivity contribution < 1.29 is 13.6 Å². The second kappa shape index (κ2) is 6.95. The average molecular weight is 256 g/mol. The minimum atomic E-state index is -3.14. The molecule has 96 valence electrons. The molecule has 4 heteroatoms. The van der Waals surface area contributed by atoms with E-state index >= 15 is 0 Å². The standard InChI is InChI=1S/C13H21O3P/c1-4-9-12-10-7-8-11-13(12)17(14,15-5-2)16-6-3/h7-8,10-11H,4-6,9H2,1-3H3. The van der Waals surface area contributed by atoms with E-state index in [0.29, 0.717) is 18.5 Å². The SMILES string of the molecule is CCCc1ccccc1P(=O)(OCC)OCC. The molecule has 3 nitrogen and oxygen atoms in total. The summed E-state index contributed by atoms with van der Waals surface area (Å²) in [7, 11) is -3.14. The van der Waals surface area contributed by atoms with E-state index in [0.717, 1.165) is 18.4 Å². The fourth-order valence-electron chi connectivity index (χ4n) is 1.78. The Hall–Kier alpha value is -0.630. The first-order chi connectivity index (χ1) is 8.18. The van der Waals surface area contributed by atoms with Crippen molar-refractivity contribution in [3.8, 4) is 0 Å². The maximum absolute atomic E-state index is 12.7. The van der Waals surface area contributed by atoms with Gasteiger partial charge in [0.2, 0.25) is 0 Å². The van der Waals surface area contributed by atoms with Gasteiger partial charge in [-0.1, -0.05) is 31.5 Å². The summed E-state index contributed by atoms with van der Waals surface area (Å²) in [5.41, 5.74) is 1.06. The van der Waals surface area contributed by atoms with Gasteiger partial charge in [-0.3, -0.25) is 4.57 Å². The van der Waals surface area contributed by atoms with Gasteiger partial charge >= 0.3 is 7.60 Å². The molecule has 17 heavy (non-hydrogen) atoms. The second-order valence-electron chi connectivity index (χ2n) is 3.71. The molecule has 0 spiro atoms. The van der Waals surface area contributed by atoms with Crippen LogP contribution in [0.4, 0.5) is 0 Å². The van der Waals surface area contributed by atoms with Crippen molar-refractivity contribution in [3.05, 3.63) is 29.8 Å². The van der Waals surface area contributed by atoms with E-state index in [1.807, 2.05) is 38.1 Å². The minimum Gasteiger partial charge on any atom is -0.305 e. The van der Waals surface area contributed by atoms with Gasteiger partial charge in [-0.05, 0) is 31.9 Å². The lowest BCUT2D eigenvalue weighted by atomic mass is 10.1. The predicted octanol–water partition coefficient (Wildman–Crippen LogP) is 3.53. The summed E-state index contributed by atoms with van der Waals surface area (Å²) in [6.07, 6.45) is 1.90. The van der Waals surface area contributed by atoms with Gasteiger partial charge in [-0.25, -0.2) is 0 Å². The van der Waals surface area contributed by atoms with E-state index in [2.05, 4.69) is 6.92 Å². The van der Waals surface area contributed by atoms with Crippen LogP contribution >= 0.6 is 7.60 Å². The highest BCUT2D eigenvalue weighted by Crippen LogP contribution is 2.47. The molecular weight excluding hydrogens is 235 g/mol. The molecule has 1 aromatic rings. The van der Waals surface area contributed by atoms with Gasteiger partial charge < -0.3 is 9.05 Å². The van der Waals surface area contributed by atoms with E-state index in [1.165, 1.54) is 0 Å². The summed E-state index contributed by atoms with van der Waals surface area (Å²) in [4.78, 5) is 0. The van der Waals surface area contributed by atoms with Crippen molar-refractivity contribution in [2.75, 3.05) is 13.2 Å². The van der Waals surface area contributed by atoms with E-state index in [4.69, 9.17) is 9.05 Å². The van der Waals surface area contributed by atoms with Crippen LogP contribution in [-0.4, -0.2) is 13.2 Å². The van der Waals surface area contributed by atoms with Crippen molar-refractivity contribution in [3.63, 3.8) is 0 Å². The van der Waals surface area contributed by atoms with Gasteiger partial charge in [0, 0.05) is 0 Å². The smallest absolute Gasteiger partial charge is 0.305 e. The summed E-state index contributed by atoms with van der Waals surface area (Å²) in [6, 6.07) is 7.66. The second-order valence-corrected chi connectivity index (χ2v) is 5.70. The summed E-state index contributed by atoms with van der Waals surface area (Å²) in [5.74, 6) is 0. The third-order valence-electron chi connectivity index (χ3n) is 2.40. The van der Waals surface area contributed by atoms with Crippen LogP contribution in [0.2, 0.25) is 0 Å². The highest BCUT2D eigenvalue weighted by molar-refractivity contribution is 7.62. The first-order valence-electron chi connectivity index (χ1n) is 6.15. The predicted molar refractivity (Wildman–Crippen MR) is 70.9 cm³/mol. The molecule has 1 rings (SSSR count). The summed E-state index contributed by atoms with van der Waals surface area (Å²) in [5, 5.41) is 0.713. The molecule has 0 bridgehead atoms. The van der Waals surface area contributed by atoms with Gasteiger partial charge in [-0.15, -0.1) is 0 Å². The van der Waals surface area contributed by atoms with E-state index < -0.39 is 7.60 Å². The van der Waals surface area contributed by atoms with Crippen molar-refractivity contribution in [1.82, 2.24) is 0 Å². The Morgan fingerprint density at radius 2 is 1.65 bits per heavy atom. The summed E-state index contributed by atoms with van der Waals surface area (Å²) >= 11 is 0. The Kier molecular flexibility index (Phi) is 5.90. The zero-order valence-electron chi connectivity index (χ0n) is 10.8. The molecule has 0 unspecified atom stereocenters. The summed E-state index contributed by atoms with van der Waals surface area (Å²) < 4.78 is 23.4. The van der Waals surface area contributed by atoms with Gasteiger partial charge in [0.25, 0.3) is 0 Å². The quantitative estimate of drug-likeness (QED) is 0.700. The van der Waals surface area contributed by atoms with Gasteiger partial charge in [-0.2, -0.15) is 0 Å². The van der Waals surface area contributed by atoms with E-state index in [-0.39, 0.29) is 0 Å². The topological polar surface area (TPSA) is 35.5 Å². The molecule has 0 aliphatic heterocycles. The maximum Gasteiger partial charge on any atom is 0.361 e. The van der Waals surface area contributed by atoms with Crippen LogP contribution < -0.4 is 5.30 Å². The number of aryl methyl sites for hydroxylation is 1. The molecule has 0 aliphatic carbocycles. The van der Waals surface area contributed by atoms with Crippen LogP contribution in [0.15, 0.2) is 24.3 Å². The van der Waals surface area contributed by atoms with Crippen LogP contribution in [0.3, 0.4) is 0 Å². The van der Waals surface area contributed by atoms with E-state index in [1.54, 1.807) is 0 Å². The Bertz CT molecular complexity index is 380. The fraction of sp³-hybridized carbons (Fsp3) is 0.538. The van der Waals surface area contributed by atoms with Crippen LogP contribution in [0, 0.1) is 0 Å². The molecule has 1 aromatic carbocycles. The zero-order chi connectivity index (χ0) is 12.7. The molecule has 0 heterocycles. The number of benzene rings is 1. The maximum atomic E-state index is 12.7. The molecule has 0 saturated carbocycles. The van der Waals surface area contributed by atoms with Crippen molar-refractivity contribution in [2.45, 2.75) is 33.6 Å². The lowest BCUT2D eigenvalue weighted by Gasteiger charge is -2.19. The largest absolute Gasteiger partial charge is 0.361 e. The molecule has 0 N–H and O–H groups in total. The molecule has 0 saturated heterocycles. The van der Waals surface area contributed by atoms with E-state index in [9.17, 15) is 4.57 Å². The van der Waals surface area contributed by atoms with Gasteiger partial charge in [0.15, 0.2) is 0 Å². The zero-order valence-corrected chi connectivity index (χ0v) is 11.7. The van der Waals surface area contributed by atoms with Crippen molar-refractivity contribution in [2.24, 2.45) is 0 Å². The van der Waals surface area contributed by atoms with Crippen LogP contribution in [0.5, 0.6) is 0 Å². The third-order valence-corrected chi connectivity index (χ3v) is 4.63. The normalized spacial score (nSPS) is 11.7. The Labute approximate surface area is 104 Å². The molecule has 0 amide bonds. The highest BCUT2D eigenvalue weighted by Gasteiger charge is 2.28. The Morgan fingerprint density at radius 1 is 1.06 bits per heavy atom. The molecule has 0 aromatic heterocycles. The van der Waals surface area contributed by atoms with Crippen LogP contribution in [-0.2, 0) is 20.0 Å². The number of rotatable bonds is 7. The van der Waals surface area contributed by atoms with Crippen LogP contribution in [0.25, 0.3) is 0 Å². The average Bonchev–Trinajstić information content (AvgIpc) is 2.31. The monoisotopic (exact) mass is 256 g/mol. The highest BCUT2D eigenvalue weighted by atomic mass is 31.2. The van der Waals surface area contributed by atoms with Gasteiger partial charge in [0.05, 0.1) is 18.5 Å². The lowest BCUT2D eigenvalue weighted by Crippen LogP contribution is -2.15. The molecular formula is C13H21O3P. The fourth-order valence-corrected chi connectivity index (χ4v) is 3.61. The Morgan fingerprint density at radius 3 is 2.18 bits per heavy atom. The Balaban J connectivity index is 3.13. The van der Waals surface area contributed by atoms with Gasteiger partial charge in [0.1, 0.15) is 0 Å². The third kappa shape index (κ3) is 3.67. The number of hydrogen-bond acceptors (Lipinski definition) is 3. The van der Waals surface area contributed by atoms with Crippen LogP contribution in [0.1, 0.15) is 32.8 Å². The minimum absolute atomic E-state index is 0.387. The molecule has 0 fully saturated rings. The number of hydrogen-bond donors (Lipinski definition) is 0.